The van der Waals surface area contributed by atoms with Crippen LogP contribution in [0, 0.1) is 0 Å². The van der Waals surface area contributed by atoms with Crippen molar-refractivity contribution in [1.29, 1.82) is 0 Å². The van der Waals surface area contributed by atoms with E-state index in [1.54, 1.807) is 7.11 Å². The molecule has 0 spiro atoms. The van der Waals surface area contributed by atoms with Gasteiger partial charge >= 0.3 is 0 Å². The van der Waals surface area contributed by atoms with Crippen molar-refractivity contribution in [3.8, 4) is 5.75 Å². The number of benzene rings is 1. The van der Waals surface area contributed by atoms with Gasteiger partial charge in [0, 0.05) is 17.8 Å². The number of likely N-dealkylation sites (N-methyl/N-ethyl adjacent to an activating group) is 1. The third-order valence-electron chi connectivity index (χ3n) is 4.23. The number of rotatable bonds is 6. The molecule has 0 saturated carbocycles. The maximum atomic E-state index is 6.42. The Balaban J connectivity index is 2.25. The van der Waals surface area contributed by atoms with Crippen molar-refractivity contribution in [2.24, 2.45) is 5.73 Å². The molecule has 1 aliphatic rings. The average molecular weight is 294 g/mol. The lowest BCUT2D eigenvalue weighted by atomic mass is 9.95. The lowest BCUT2D eigenvalue weighted by molar-refractivity contribution is 0.161. The molecule has 0 amide bonds. The Morgan fingerprint density at radius 1 is 1.50 bits per heavy atom. The van der Waals surface area contributed by atoms with Gasteiger partial charge in [-0.25, -0.2) is 0 Å². The smallest absolute Gasteiger partial charge is 0.119 e. The summed E-state index contributed by atoms with van der Waals surface area (Å²) in [6.07, 6.45) is 2.24. The Labute approximate surface area is 126 Å². The summed E-state index contributed by atoms with van der Waals surface area (Å²) in [4.78, 5) is 2.48. The van der Waals surface area contributed by atoms with E-state index in [4.69, 9.17) is 10.5 Å². The van der Waals surface area contributed by atoms with Crippen LogP contribution in [0.25, 0.3) is 0 Å². The zero-order chi connectivity index (χ0) is 14.5. The number of hydrogen-bond acceptors (Lipinski definition) is 4. The molecule has 0 radical (unpaired) electrons. The molecule has 1 fully saturated rings. The van der Waals surface area contributed by atoms with Gasteiger partial charge in [-0.15, -0.1) is 0 Å². The largest absolute Gasteiger partial charge is 0.497 e. The van der Waals surface area contributed by atoms with Crippen LogP contribution in [0.2, 0.25) is 0 Å². The van der Waals surface area contributed by atoms with Crippen molar-refractivity contribution in [2.45, 2.75) is 37.9 Å². The maximum absolute atomic E-state index is 6.42. The molecule has 112 valence electrons. The molecule has 1 saturated heterocycles. The van der Waals surface area contributed by atoms with Gasteiger partial charge in [0.1, 0.15) is 5.75 Å². The van der Waals surface area contributed by atoms with Crippen molar-refractivity contribution < 1.29 is 4.74 Å². The summed E-state index contributed by atoms with van der Waals surface area (Å²) in [6.45, 7) is 2.16. The quantitative estimate of drug-likeness (QED) is 0.875. The molecule has 3 atom stereocenters. The van der Waals surface area contributed by atoms with E-state index in [9.17, 15) is 0 Å². The summed E-state index contributed by atoms with van der Waals surface area (Å²) in [5.74, 6) is 3.39. The monoisotopic (exact) mass is 294 g/mol. The van der Waals surface area contributed by atoms with E-state index in [0.29, 0.717) is 6.04 Å². The predicted octanol–water partition coefficient (Wildman–Crippen LogP) is 2.91. The highest BCUT2D eigenvalue weighted by Crippen LogP contribution is 2.32. The third-order valence-corrected chi connectivity index (χ3v) is 5.38. The highest BCUT2D eigenvalue weighted by atomic mass is 32.2. The van der Waals surface area contributed by atoms with Crippen molar-refractivity contribution >= 4 is 11.8 Å². The van der Waals surface area contributed by atoms with Gasteiger partial charge < -0.3 is 10.5 Å². The van der Waals surface area contributed by atoms with Crippen LogP contribution >= 0.6 is 11.8 Å². The number of methoxy groups -OCH3 is 1. The molecule has 1 aromatic carbocycles. The van der Waals surface area contributed by atoms with Crippen molar-refractivity contribution in [1.82, 2.24) is 4.90 Å². The molecule has 1 heterocycles. The van der Waals surface area contributed by atoms with Crippen LogP contribution in [-0.2, 0) is 0 Å². The molecular formula is C16H26N2OS. The molecule has 3 nitrogen and oxygen atoms in total. The first-order valence-electron chi connectivity index (χ1n) is 7.36. The fourth-order valence-electron chi connectivity index (χ4n) is 2.90. The second-order valence-corrected chi connectivity index (χ2v) is 6.63. The fraction of sp³-hybridized carbons (Fsp3) is 0.625. The molecule has 0 aromatic heterocycles. The molecule has 1 aliphatic heterocycles. The normalized spacial score (nSPS) is 21.9. The van der Waals surface area contributed by atoms with Gasteiger partial charge in [0.2, 0.25) is 0 Å². The highest BCUT2D eigenvalue weighted by molar-refractivity contribution is 7.99. The second kappa shape index (κ2) is 7.34. The van der Waals surface area contributed by atoms with E-state index >= 15 is 0 Å². The van der Waals surface area contributed by atoms with E-state index < -0.39 is 0 Å². The topological polar surface area (TPSA) is 38.5 Å². The van der Waals surface area contributed by atoms with Crippen molar-refractivity contribution in [3.05, 3.63) is 29.8 Å². The van der Waals surface area contributed by atoms with E-state index in [1.165, 1.54) is 23.5 Å². The van der Waals surface area contributed by atoms with Gasteiger partial charge in [0.25, 0.3) is 0 Å². The van der Waals surface area contributed by atoms with Gasteiger partial charge in [-0.1, -0.05) is 19.1 Å². The highest BCUT2D eigenvalue weighted by Gasteiger charge is 2.30. The maximum Gasteiger partial charge on any atom is 0.119 e. The molecule has 1 aromatic rings. The average Bonchev–Trinajstić information content (AvgIpc) is 3.01. The van der Waals surface area contributed by atoms with E-state index in [-0.39, 0.29) is 12.1 Å². The molecule has 20 heavy (non-hydrogen) atoms. The van der Waals surface area contributed by atoms with E-state index in [2.05, 4.69) is 37.1 Å². The molecular weight excluding hydrogens is 268 g/mol. The fourth-order valence-corrected chi connectivity index (χ4v) is 4.18. The van der Waals surface area contributed by atoms with Crippen molar-refractivity contribution in [2.75, 3.05) is 25.7 Å². The van der Waals surface area contributed by atoms with Crippen LogP contribution in [0.4, 0.5) is 0 Å². The Bertz CT molecular complexity index is 421. The Hall–Kier alpha value is -0.710. The number of hydrogen-bond donors (Lipinski definition) is 1. The number of thioether (sulfide) groups is 1. The first-order valence-corrected chi connectivity index (χ1v) is 8.52. The second-order valence-electron chi connectivity index (χ2n) is 5.48. The molecule has 0 bridgehead atoms. The van der Waals surface area contributed by atoms with Crippen LogP contribution in [-0.4, -0.2) is 42.6 Å². The minimum Gasteiger partial charge on any atom is -0.497 e. The number of nitrogens with two attached hydrogens (primary N) is 1. The minimum atomic E-state index is 0.151. The summed E-state index contributed by atoms with van der Waals surface area (Å²) in [5.41, 5.74) is 7.68. The SMILES string of the molecule is CCC(N)C(c1cccc(OC)c1)N(C)C1CCSC1. The summed E-state index contributed by atoms with van der Waals surface area (Å²) < 4.78 is 5.36. The van der Waals surface area contributed by atoms with Crippen LogP contribution in [0.3, 0.4) is 0 Å². The number of ether oxygens (including phenoxy) is 1. The van der Waals surface area contributed by atoms with Gasteiger partial charge in [-0.05, 0) is 43.3 Å². The summed E-state index contributed by atoms with van der Waals surface area (Å²) in [7, 11) is 3.93. The Morgan fingerprint density at radius 3 is 2.90 bits per heavy atom. The minimum absolute atomic E-state index is 0.151. The van der Waals surface area contributed by atoms with Crippen LogP contribution in [0.15, 0.2) is 24.3 Å². The van der Waals surface area contributed by atoms with Crippen LogP contribution in [0.5, 0.6) is 5.75 Å². The first kappa shape index (κ1) is 15.7. The van der Waals surface area contributed by atoms with Gasteiger partial charge in [0.15, 0.2) is 0 Å². The first-order chi connectivity index (χ1) is 9.67. The van der Waals surface area contributed by atoms with Gasteiger partial charge in [-0.2, -0.15) is 11.8 Å². The standard InChI is InChI=1S/C16H26N2OS/c1-4-15(17)16(18(2)13-8-9-20-11-13)12-6-5-7-14(10-12)19-3/h5-7,10,13,15-16H,4,8-9,11,17H2,1-3H3. The zero-order valence-electron chi connectivity index (χ0n) is 12.7. The summed E-state index contributed by atoms with van der Waals surface area (Å²) in [5, 5.41) is 0. The van der Waals surface area contributed by atoms with E-state index in [1.807, 2.05) is 17.8 Å². The molecule has 0 aliphatic carbocycles. The summed E-state index contributed by atoms with van der Waals surface area (Å²) in [6, 6.07) is 9.38. The van der Waals surface area contributed by atoms with Gasteiger partial charge in [0.05, 0.1) is 13.2 Å². The number of nitrogens with zero attached hydrogens (tertiary/aromatic N) is 1. The van der Waals surface area contributed by atoms with Crippen molar-refractivity contribution in [3.63, 3.8) is 0 Å². The summed E-state index contributed by atoms with van der Waals surface area (Å²) >= 11 is 2.04. The lowest BCUT2D eigenvalue weighted by Gasteiger charge is -2.36. The van der Waals surface area contributed by atoms with Crippen LogP contribution < -0.4 is 10.5 Å². The van der Waals surface area contributed by atoms with E-state index in [0.717, 1.165) is 12.2 Å². The Kier molecular flexibility index (Phi) is 5.75. The molecule has 3 unspecified atom stereocenters. The van der Waals surface area contributed by atoms with Gasteiger partial charge in [-0.3, -0.25) is 4.90 Å². The zero-order valence-corrected chi connectivity index (χ0v) is 13.5. The molecule has 2 N–H and O–H groups in total. The molecule has 4 heteroatoms. The lowest BCUT2D eigenvalue weighted by Crippen LogP contribution is -2.44. The Morgan fingerprint density at radius 2 is 2.30 bits per heavy atom. The third kappa shape index (κ3) is 3.48. The predicted molar refractivity (Wildman–Crippen MR) is 87.5 cm³/mol. The molecule has 2 rings (SSSR count). The van der Waals surface area contributed by atoms with Crippen LogP contribution in [0.1, 0.15) is 31.4 Å².